The van der Waals surface area contributed by atoms with Gasteiger partial charge in [-0.05, 0) is 147 Å². The number of halogens is 1. The minimum Gasteiger partial charge on any atom is -0.456 e. The highest BCUT2D eigenvalue weighted by Crippen LogP contribution is 2.47. The third kappa shape index (κ3) is 8.54. The van der Waals surface area contributed by atoms with Gasteiger partial charge in [0.15, 0.2) is 0 Å². The van der Waals surface area contributed by atoms with Gasteiger partial charge < -0.3 is 45.6 Å². The van der Waals surface area contributed by atoms with E-state index in [4.69, 9.17) is 45.6 Å². The summed E-state index contributed by atoms with van der Waals surface area (Å²) in [7, 11) is -1.47. The second kappa shape index (κ2) is 18.9. The maximum absolute atomic E-state index is 6.47. The lowest BCUT2D eigenvalue weighted by atomic mass is 9.49. The van der Waals surface area contributed by atoms with Gasteiger partial charge in [0.2, 0.25) is 0 Å². The topological polar surface area (TPSA) is 108 Å². The Morgan fingerprint density at radius 2 is 0.613 bits per heavy atom. The standard InChI is InChI=1S/C30H25BO4.C24H13IO2.C12H24B2O4/c1-29(2)30(3,4)35-31(34-29)23-17-16-19(26-22-11-6-8-15-25(22)33-28(23)26)21-13-9-12-20-18-10-5-7-14-24(18)32-27(20)21;25-19-13-12-15(22-18-7-2-4-11-21(18)27-24(19)22)17-9-5-8-16-14-6-1-3-10-20(14)26-23(16)17;1-9(2)10(3,4)16-13(15-9)14-17-11(5,6)12(7,8)18-14/h5-17H,1-4H3;1-13H;1-8H3. The van der Waals surface area contributed by atoms with Crippen LogP contribution in [0.1, 0.15) is 83.1 Å². The SMILES string of the molecule is CC1(C)OB(B2OC(C)(C)C(C)(C)O2)OC1(C)C.CC1(C)OB(c2ccc(-c3cccc4c3oc3ccccc34)c3c2oc2ccccc23)OC1(C)C.Ic1ccc(-c2cccc3c2oc2ccccc23)c2c1oc1ccccc12. The second-order valence-electron chi connectivity index (χ2n) is 24.3. The first kappa shape index (κ1) is 53.0. The maximum Gasteiger partial charge on any atom is 0.498 e. The van der Waals surface area contributed by atoms with Crippen LogP contribution in [0, 0.1) is 3.57 Å². The average Bonchev–Trinajstić information content (AvgIpc) is 4.09. The van der Waals surface area contributed by atoms with Crippen LogP contribution < -0.4 is 5.46 Å². The molecule has 80 heavy (non-hydrogen) atoms. The predicted octanol–water partition coefficient (Wildman–Crippen LogP) is 17.5. The first-order valence-electron chi connectivity index (χ1n) is 27.5. The van der Waals surface area contributed by atoms with E-state index < -0.39 is 32.3 Å². The zero-order chi connectivity index (χ0) is 55.9. The highest BCUT2D eigenvalue weighted by atomic mass is 127. The minimum atomic E-state index is -0.515. The zero-order valence-corrected chi connectivity index (χ0v) is 49.4. The number of hydrogen-bond donors (Lipinski definition) is 0. The highest BCUT2D eigenvalue weighted by molar-refractivity contribution is 14.1. The van der Waals surface area contributed by atoms with Crippen LogP contribution in [0.4, 0.5) is 0 Å². The molecular weight excluding hydrogens is 1110 g/mol. The summed E-state index contributed by atoms with van der Waals surface area (Å²) in [6.07, 6.45) is 0. The monoisotopic (exact) mass is 1170 g/mol. The van der Waals surface area contributed by atoms with E-state index in [1.54, 1.807) is 0 Å². The third-order valence-electron chi connectivity index (χ3n) is 17.7. The molecule has 0 N–H and O–H groups in total. The van der Waals surface area contributed by atoms with E-state index >= 15 is 0 Å². The van der Waals surface area contributed by atoms with Crippen molar-refractivity contribution in [2.45, 2.75) is 117 Å². The van der Waals surface area contributed by atoms with Crippen molar-refractivity contribution in [2.24, 2.45) is 0 Å². The van der Waals surface area contributed by atoms with E-state index in [9.17, 15) is 0 Å². The van der Waals surface area contributed by atoms with Crippen molar-refractivity contribution < 1.29 is 45.6 Å². The minimum absolute atomic E-state index is 0.360. The molecule has 402 valence electrons. The molecule has 8 aromatic carbocycles. The van der Waals surface area contributed by atoms with Gasteiger partial charge in [-0.3, -0.25) is 0 Å². The van der Waals surface area contributed by atoms with E-state index in [-0.39, 0.29) is 22.4 Å². The van der Waals surface area contributed by atoms with Crippen LogP contribution in [0.2, 0.25) is 0 Å². The Labute approximate surface area is 479 Å². The first-order valence-corrected chi connectivity index (χ1v) is 28.5. The molecule has 14 heteroatoms. The first-order chi connectivity index (χ1) is 38.0. The van der Waals surface area contributed by atoms with Crippen LogP contribution in [-0.2, 0) is 27.9 Å². The third-order valence-corrected chi connectivity index (χ3v) is 18.5. The van der Waals surface area contributed by atoms with Crippen molar-refractivity contribution in [3.8, 4) is 22.3 Å². The summed E-state index contributed by atoms with van der Waals surface area (Å²) in [5.74, 6) is 0. The summed E-state index contributed by atoms with van der Waals surface area (Å²) in [5, 5.41) is 8.89. The largest absolute Gasteiger partial charge is 0.498 e. The number of benzene rings is 8. The Morgan fingerprint density at radius 1 is 0.287 bits per heavy atom. The Morgan fingerprint density at radius 3 is 1.05 bits per heavy atom. The molecule has 15 rings (SSSR count). The molecule has 0 bridgehead atoms. The van der Waals surface area contributed by atoms with Crippen LogP contribution in [0.5, 0.6) is 0 Å². The number of furan rings is 4. The Kier molecular flexibility index (Phi) is 12.5. The van der Waals surface area contributed by atoms with Gasteiger partial charge in [0.05, 0.1) is 37.2 Å². The lowest BCUT2D eigenvalue weighted by Crippen LogP contribution is -2.41. The maximum atomic E-state index is 6.47. The number of hydrogen-bond acceptors (Lipinski definition) is 10. The van der Waals surface area contributed by atoms with Crippen molar-refractivity contribution in [3.63, 3.8) is 0 Å². The molecule has 12 aromatic rings. The molecule has 4 aromatic heterocycles. The van der Waals surface area contributed by atoms with Crippen molar-refractivity contribution >= 4 is 137 Å². The second-order valence-corrected chi connectivity index (χ2v) is 25.5. The van der Waals surface area contributed by atoms with Crippen LogP contribution >= 0.6 is 22.6 Å². The molecule has 0 atom stereocenters. The van der Waals surface area contributed by atoms with Crippen LogP contribution in [0.3, 0.4) is 0 Å². The number of rotatable bonds is 4. The van der Waals surface area contributed by atoms with Gasteiger partial charge in [-0.15, -0.1) is 0 Å². The lowest BCUT2D eigenvalue weighted by molar-refractivity contribution is 0.00578. The zero-order valence-electron chi connectivity index (χ0n) is 47.2. The summed E-state index contributed by atoms with van der Waals surface area (Å²) >= 11 is 2.34. The molecule has 0 saturated carbocycles. The normalized spacial score (nSPS) is 18.8. The van der Waals surface area contributed by atoms with E-state index in [0.717, 1.165) is 119 Å². The quantitative estimate of drug-likeness (QED) is 0.125. The van der Waals surface area contributed by atoms with Crippen LogP contribution in [-0.4, -0.2) is 54.7 Å². The smallest absolute Gasteiger partial charge is 0.456 e. The van der Waals surface area contributed by atoms with E-state index in [2.05, 4.69) is 147 Å². The van der Waals surface area contributed by atoms with Crippen molar-refractivity contribution in [2.75, 3.05) is 0 Å². The summed E-state index contributed by atoms with van der Waals surface area (Å²) in [6, 6.07) is 54.0. The number of para-hydroxylation sites is 6. The van der Waals surface area contributed by atoms with E-state index in [1.807, 2.05) is 116 Å². The van der Waals surface area contributed by atoms with Gasteiger partial charge in [0.25, 0.3) is 0 Å². The van der Waals surface area contributed by atoms with Crippen LogP contribution in [0.15, 0.2) is 175 Å². The summed E-state index contributed by atoms with van der Waals surface area (Å²) in [6.45, 7) is 24.5. The molecule has 0 amide bonds. The van der Waals surface area contributed by atoms with Gasteiger partial charge >= 0.3 is 21.1 Å². The highest BCUT2D eigenvalue weighted by Gasteiger charge is 2.64. The Hall–Kier alpha value is -6.36. The summed E-state index contributed by atoms with van der Waals surface area (Å²) in [4.78, 5) is 0. The molecule has 10 nitrogen and oxygen atoms in total. The van der Waals surface area contributed by atoms with Crippen molar-refractivity contribution in [1.29, 1.82) is 0 Å². The number of fused-ring (bicyclic) bond motifs is 12. The summed E-state index contributed by atoms with van der Waals surface area (Å²) < 4.78 is 63.1. The molecular formula is C66H62B3IO10. The molecule has 7 heterocycles. The van der Waals surface area contributed by atoms with Crippen LogP contribution in [0.25, 0.3) is 110 Å². The van der Waals surface area contributed by atoms with E-state index in [1.165, 1.54) is 0 Å². The molecule has 3 aliphatic heterocycles. The fraction of sp³-hybridized carbons (Fsp3) is 0.273. The molecule has 0 radical (unpaired) electrons. The molecule has 3 aliphatic rings. The molecule has 0 unspecified atom stereocenters. The molecule has 0 spiro atoms. The van der Waals surface area contributed by atoms with Gasteiger partial charge in [0, 0.05) is 59.7 Å². The molecule has 3 fully saturated rings. The molecule has 0 aliphatic carbocycles. The van der Waals surface area contributed by atoms with Gasteiger partial charge in [-0.2, -0.15) is 0 Å². The van der Waals surface area contributed by atoms with Gasteiger partial charge in [-0.25, -0.2) is 0 Å². The fourth-order valence-corrected chi connectivity index (χ4v) is 11.7. The lowest BCUT2D eigenvalue weighted by Gasteiger charge is -2.32. The average molecular weight is 1170 g/mol. The predicted molar refractivity (Wildman–Crippen MR) is 333 cm³/mol. The Balaban J connectivity index is 0.000000120. The van der Waals surface area contributed by atoms with E-state index in [0.29, 0.717) is 0 Å². The van der Waals surface area contributed by atoms with Gasteiger partial charge in [-0.1, -0.05) is 127 Å². The Bertz CT molecular complexity index is 4330. The van der Waals surface area contributed by atoms with Gasteiger partial charge in [0.1, 0.15) is 44.7 Å². The van der Waals surface area contributed by atoms with Crippen molar-refractivity contribution in [1.82, 2.24) is 0 Å². The summed E-state index contributed by atoms with van der Waals surface area (Å²) in [5.41, 5.74) is 9.99. The molecule has 3 saturated heterocycles. The van der Waals surface area contributed by atoms with Crippen molar-refractivity contribution in [3.05, 3.63) is 161 Å². The fourth-order valence-electron chi connectivity index (χ4n) is 11.2.